The van der Waals surface area contributed by atoms with Crippen LogP contribution in [0.2, 0.25) is 0 Å². The molecule has 1 fully saturated rings. The zero-order valence-electron chi connectivity index (χ0n) is 13.2. The van der Waals surface area contributed by atoms with Crippen LogP contribution in [0.5, 0.6) is 0 Å². The minimum absolute atomic E-state index is 0. The summed E-state index contributed by atoms with van der Waals surface area (Å²) in [6.07, 6.45) is -2.62. The van der Waals surface area contributed by atoms with E-state index in [9.17, 15) is 19.7 Å². The monoisotopic (exact) mass is 402 g/mol. The van der Waals surface area contributed by atoms with Gasteiger partial charge in [0.25, 0.3) is 7.82 Å². The number of aromatic nitrogens is 4. The third-order valence-corrected chi connectivity index (χ3v) is 3.88. The Bertz CT molecular complexity index is 771. The number of rotatable bonds is 4. The topological polar surface area (TPSA) is 224 Å². The van der Waals surface area contributed by atoms with Crippen molar-refractivity contribution < 1.29 is 85.2 Å². The Hall–Kier alpha value is -0.0636. The van der Waals surface area contributed by atoms with Gasteiger partial charge in [-0.05, 0) is 0 Å². The van der Waals surface area contributed by atoms with Crippen molar-refractivity contribution >= 4 is 24.8 Å². The Morgan fingerprint density at radius 2 is 2.04 bits per heavy atom. The van der Waals surface area contributed by atoms with Crippen molar-refractivity contribution in [2.45, 2.75) is 24.5 Å². The number of hydrogen-bond acceptors (Lipinski definition) is 11. The van der Waals surface area contributed by atoms with Gasteiger partial charge in [-0.3, -0.25) is 9.13 Å². The molecule has 0 aromatic carbocycles. The van der Waals surface area contributed by atoms with E-state index in [1.807, 2.05) is 0 Å². The van der Waals surface area contributed by atoms with Crippen LogP contribution >= 0.6 is 7.82 Å². The van der Waals surface area contributed by atoms with Gasteiger partial charge in [0.2, 0.25) is 0 Å². The van der Waals surface area contributed by atoms with Crippen LogP contribution in [0.4, 0.5) is 5.82 Å². The summed E-state index contributed by atoms with van der Waals surface area (Å²) in [7, 11) is -4.97. The summed E-state index contributed by atoms with van der Waals surface area (Å²) in [5.41, 5.74) is 6.22. The van der Waals surface area contributed by atoms with E-state index in [1.54, 1.807) is 0 Å². The van der Waals surface area contributed by atoms with Crippen LogP contribution in [0, 0.1) is 0 Å². The molecule has 25 heavy (non-hydrogen) atoms. The average Bonchev–Trinajstić information content (AvgIpc) is 3.01. The molecule has 0 radical (unpaired) electrons. The number of imidazole rings is 1. The predicted octanol–water partition coefficient (Wildman–Crippen LogP) is -5.33. The van der Waals surface area contributed by atoms with Crippen LogP contribution < -0.4 is 68.2 Å². The smallest absolute Gasteiger partial charge is 0.756 e. The Labute approximate surface area is 183 Å². The molecule has 1 saturated heterocycles. The van der Waals surface area contributed by atoms with Crippen LogP contribution in [0.3, 0.4) is 0 Å². The fourth-order valence-electron chi connectivity index (χ4n) is 2.32. The number of hydrogen-bond donors (Lipinski definition) is 5. The number of ether oxygens (including phenoxy) is 1. The SMILES string of the molecule is N.Nc1ncnc2c1ncn2[C@@H]1O[C@H](COP(=O)([O-])O)[C@@H](O)[C@H]1O.[K+]. The number of nitrogen functional groups attached to an aromatic ring is 1. The molecular formula is C10H16KN6O7P. The van der Waals surface area contributed by atoms with Crippen molar-refractivity contribution in [1.29, 1.82) is 0 Å². The van der Waals surface area contributed by atoms with Crippen molar-refractivity contribution in [2.24, 2.45) is 0 Å². The maximum Gasteiger partial charge on any atom is 1.00 e. The predicted molar refractivity (Wildman–Crippen MR) is 76.5 cm³/mol. The van der Waals surface area contributed by atoms with E-state index < -0.39 is 39.0 Å². The van der Waals surface area contributed by atoms with Crippen LogP contribution in [-0.2, 0) is 13.8 Å². The first-order chi connectivity index (χ1) is 10.8. The van der Waals surface area contributed by atoms with E-state index in [2.05, 4.69) is 19.5 Å². The van der Waals surface area contributed by atoms with Crippen molar-refractivity contribution in [3.8, 4) is 0 Å². The van der Waals surface area contributed by atoms with E-state index in [0.29, 0.717) is 0 Å². The number of anilines is 1. The second-order valence-corrected chi connectivity index (χ2v) is 6.09. The molecule has 13 nitrogen and oxygen atoms in total. The molecule has 134 valence electrons. The fraction of sp³-hybridized carbons (Fsp3) is 0.500. The quantitative estimate of drug-likeness (QED) is 0.239. The molecular weight excluding hydrogens is 386 g/mol. The first-order valence-corrected chi connectivity index (χ1v) is 7.90. The summed E-state index contributed by atoms with van der Waals surface area (Å²) in [4.78, 5) is 31.0. The van der Waals surface area contributed by atoms with Gasteiger partial charge in [0.05, 0.1) is 12.9 Å². The van der Waals surface area contributed by atoms with Crippen LogP contribution in [-0.4, -0.2) is 59.5 Å². The van der Waals surface area contributed by atoms with Gasteiger partial charge in [-0.25, -0.2) is 15.0 Å². The Morgan fingerprint density at radius 3 is 2.68 bits per heavy atom. The summed E-state index contributed by atoms with van der Waals surface area (Å²) >= 11 is 0. The zero-order chi connectivity index (χ0) is 16.8. The van der Waals surface area contributed by atoms with Crippen molar-refractivity contribution in [1.82, 2.24) is 25.7 Å². The molecule has 0 saturated carbocycles. The van der Waals surface area contributed by atoms with Gasteiger partial charge in [-0.2, -0.15) is 0 Å². The minimum Gasteiger partial charge on any atom is -0.756 e. The molecule has 5 atom stereocenters. The molecule has 8 N–H and O–H groups in total. The molecule has 0 amide bonds. The maximum absolute atomic E-state index is 10.6. The Morgan fingerprint density at radius 1 is 1.36 bits per heavy atom. The van der Waals surface area contributed by atoms with E-state index in [-0.39, 0.29) is 74.5 Å². The van der Waals surface area contributed by atoms with E-state index >= 15 is 0 Å². The van der Waals surface area contributed by atoms with Crippen LogP contribution in [0.25, 0.3) is 11.2 Å². The van der Waals surface area contributed by atoms with Gasteiger partial charge >= 0.3 is 51.4 Å². The van der Waals surface area contributed by atoms with Gasteiger partial charge in [0.1, 0.15) is 30.2 Å². The molecule has 0 aliphatic carbocycles. The van der Waals surface area contributed by atoms with E-state index in [1.165, 1.54) is 17.2 Å². The Kier molecular flexibility index (Phi) is 8.04. The summed E-state index contributed by atoms with van der Waals surface area (Å²) in [5.74, 6) is 0.134. The third kappa shape index (κ3) is 4.81. The van der Waals surface area contributed by atoms with Gasteiger partial charge in [-0.15, -0.1) is 0 Å². The van der Waals surface area contributed by atoms with Gasteiger partial charge in [0, 0.05) is 0 Å². The molecule has 0 spiro atoms. The largest absolute Gasteiger partial charge is 1.00 e. The second kappa shape index (κ2) is 8.75. The average molecular weight is 402 g/mol. The van der Waals surface area contributed by atoms with Crippen molar-refractivity contribution in [2.75, 3.05) is 12.3 Å². The zero-order valence-corrected chi connectivity index (χ0v) is 17.2. The Balaban J connectivity index is 0.00000156. The first kappa shape index (κ1) is 23.0. The standard InChI is InChI=1S/C10H14N5O7P.K.H3N/c11-8-5-9(13-2-12-8)15(3-14-5)10-7(17)6(16)4(22-10)1-21-23(18,19)20;;/h2-4,6-7,10,16-17H,1H2,(H2,11,12,13)(H2,18,19,20);;1H3/q;+1;/p-1/t4-,6-,7-,10-;;/m1../s1. The summed E-state index contributed by atoms with van der Waals surface area (Å²) < 4.78 is 21.5. The molecule has 1 aliphatic rings. The van der Waals surface area contributed by atoms with Crippen LogP contribution in [0.1, 0.15) is 6.23 Å². The number of nitrogens with zero attached hydrogens (tertiary/aromatic N) is 4. The molecule has 15 heteroatoms. The van der Waals surface area contributed by atoms with Crippen LogP contribution in [0.15, 0.2) is 12.7 Å². The molecule has 2 aromatic heterocycles. The minimum atomic E-state index is -4.97. The number of aliphatic hydroxyl groups excluding tert-OH is 2. The number of phosphoric ester groups is 1. The number of aliphatic hydroxyl groups is 2. The van der Waals surface area contributed by atoms with Gasteiger partial charge in [-0.1, -0.05) is 0 Å². The molecule has 0 bridgehead atoms. The molecule has 1 unspecified atom stereocenters. The van der Waals surface area contributed by atoms with E-state index in [0.717, 1.165) is 0 Å². The molecule has 2 aromatic rings. The van der Waals surface area contributed by atoms with Gasteiger partial charge < -0.3 is 41.1 Å². The molecule has 1 aliphatic heterocycles. The third-order valence-electron chi connectivity index (χ3n) is 3.40. The number of fused-ring (bicyclic) bond motifs is 1. The maximum atomic E-state index is 10.6. The fourth-order valence-corrected chi connectivity index (χ4v) is 2.66. The van der Waals surface area contributed by atoms with E-state index in [4.69, 9.17) is 15.4 Å². The second-order valence-electron chi connectivity index (χ2n) is 4.89. The summed E-state index contributed by atoms with van der Waals surface area (Å²) in [6.45, 7) is -0.657. The molecule has 3 rings (SSSR count). The first-order valence-electron chi connectivity index (χ1n) is 6.41. The number of nitrogens with two attached hydrogens (primary N) is 1. The normalized spacial score (nSPS) is 28.2. The van der Waals surface area contributed by atoms with Gasteiger partial charge in [0.15, 0.2) is 17.7 Å². The summed E-state index contributed by atoms with van der Waals surface area (Å²) in [6, 6.07) is 0. The van der Waals surface area contributed by atoms with Crippen molar-refractivity contribution in [3.63, 3.8) is 0 Å². The molecule has 3 heterocycles. The van der Waals surface area contributed by atoms with Crippen molar-refractivity contribution in [3.05, 3.63) is 12.7 Å². The number of phosphoric acid groups is 1. The summed E-state index contributed by atoms with van der Waals surface area (Å²) in [5, 5.41) is 20.0.